The van der Waals surface area contributed by atoms with Crippen LogP contribution < -0.4 is 15.4 Å². The number of hydrogen-bond acceptors (Lipinski definition) is 4. The van der Waals surface area contributed by atoms with Crippen molar-refractivity contribution in [2.24, 2.45) is 0 Å². The van der Waals surface area contributed by atoms with E-state index in [1.54, 1.807) is 6.92 Å². The number of nitrogens with one attached hydrogen (secondary N) is 2. The average molecular weight is 280 g/mol. The Bertz CT molecular complexity index is 488. The summed E-state index contributed by atoms with van der Waals surface area (Å²) in [6.07, 6.45) is 0.832. The zero-order chi connectivity index (χ0) is 15.1. The summed E-state index contributed by atoms with van der Waals surface area (Å²) in [5.41, 5.74) is 0.262. The number of ether oxygens (including phenoxy) is 1. The number of carbonyl (C=O) groups is 2. The molecule has 0 aliphatic heterocycles. The Morgan fingerprint density at radius 3 is 2.65 bits per heavy atom. The molecule has 3 N–H and O–H groups in total. The Hall–Kier alpha value is -2.24. The fourth-order valence-corrected chi connectivity index (χ4v) is 1.58. The fourth-order valence-electron chi connectivity index (χ4n) is 1.58. The van der Waals surface area contributed by atoms with E-state index in [1.807, 2.05) is 6.92 Å². The van der Waals surface area contributed by atoms with Gasteiger partial charge in [-0.2, -0.15) is 0 Å². The minimum absolute atomic E-state index is 0.122. The van der Waals surface area contributed by atoms with Crippen molar-refractivity contribution >= 4 is 11.8 Å². The summed E-state index contributed by atoms with van der Waals surface area (Å²) in [7, 11) is 1.43. The highest BCUT2D eigenvalue weighted by Gasteiger charge is 2.17. The van der Waals surface area contributed by atoms with E-state index in [0.717, 1.165) is 6.42 Å². The molecule has 0 saturated heterocycles. The van der Waals surface area contributed by atoms with Gasteiger partial charge in [-0.3, -0.25) is 9.59 Å². The minimum Gasteiger partial charge on any atom is -0.504 e. The lowest BCUT2D eigenvalue weighted by Gasteiger charge is -2.14. The highest BCUT2D eigenvalue weighted by molar-refractivity contribution is 5.97. The van der Waals surface area contributed by atoms with Gasteiger partial charge in [-0.25, -0.2) is 0 Å². The fraction of sp³-hybridized carbons (Fsp3) is 0.429. The predicted molar refractivity (Wildman–Crippen MR) is 74.9 cm³/mol. The van der Waals surface area contributed by atoms with Crippen LogP contribution in [0.5, 0.6) is 11.5 Å². The molecule has 0 bridgehead atoms. The van der Waals surface area contributed by atoms with Crippen molar-refractivity contribution in [2.75, 3.05) is 13.7 Å². The Kier molecular flexibility index (Phi) is 5.83. The van der Waals surface area contributed by atoms with Crippen LogP contribution in [0.25, 0.3) is 0 Å². The Morgan fingerprint density at radius 1 is 1.40 bits per heavy atom. The maximum atomic E-state index is 11.9. The number of benzene rings is 1. The van der Waals surface area contributed by atoms with Crippen LogP contribution in [0.2, 0.25) is 0 Å². The molecule has 0 aromatic heterocycles. The lowest BCUT2D eigenvalue weighted by Crippen LogP contribution is -2.44. The standard InChI is InChI=1S/C14H20N2O4/c1-4-7-15-13(18)9(2)16-14(19)10-5-6-12(20-3)11(17)8-10/h5-6,8-9,17H,4,7H2,1-3H3,(H,15,18)(H,16,19). The summed E-state index contributed by atoms with van der Waals surface area (Å²) in [6.45, 7) is 4.12. The number of aromatic hydroxyl groups is 1. The average Bonchev–Trinajstić information content (AvgIpc) is 2.44. The Labute approximate surface area is 118 Å². The molecule has 0 fully saturated rings. The van der Waals surface area contributed by atoms with E-state index >= 15 is 0 Å². The lowest BCUT2D eigenvalue weighted by atomic mass is 10.1. The number of phenolic OH excluding ortho intramolecular Hbond substituents is 1. The number of phenols is 1. The molecule has 1 aromatic rings. The van der Waals surface area contributed by atoms with Gasteiger partial charge in [-0.15, -0.1) is 0 Å². The van der Waals surface area contributed by atoms with Gasteiger partial charge in [0.25, 0.3) is 5.91 Å². The van der Waals surface area contributed by atoms with Crippen LogP contribution in [0.1, 0.15) is 30.6 Å². The predicted octanol–water partition coefficient (Wildman–Crippen LogP) is 1.05. The van der Waals surface area contributed by atoms with Crippen molar-refractivity contribution < 1.29 is 19.4 Å². The first-order valence-electron chi connectivity index (χ1n) is 6.45. The number of carbonyl (C=O) groups excluding carboxylic acids is 2. The lowest BCUT2D eigenvalue weighted by molar-refractivity contribution is -0.122. The van der Waals surface area contributed by atoms with Gasteiger partial charge < -0.3 is 20.5 Å². The van der Waals surface area contributed by atoms with Crippen molar-refractivity contribution in [2.45, 2.75) is 26.3 Å². The molecular formula is C14H20N2O4. The van der Waals surface area contributed by atoms with Crippen molar-refractivity contribution in [1.82, 2.24) is 10.6 Å². The van der Waals surface area contributed by atoms with Crippen LogP contribution >= 0.6 is 0 Å². The topological polar surface area (TPSA) is 87.7 Å². The van der Waals surface area contributed by atoms with Gasteiger partial charge in [0.2, 0.25) is 5.91 Å². The summed E-state index contributed by atoms with van der Waals surface area (Å²) in [5, 5.41) is 14.9. The molecule has 1 unspecified atom stereocenters. The molecular weight excluding hydrogens is 260 g/mol. The molecule has 6 nitrogen and oxygen atoms in total. The third-order valence-electron chi connectivity index (χ3n) is 2.73. The minimum atomic E-state index is -0.640. The van der Waals surface area contributed by atoms with E-state index in [9.17, 15) is 14.7 Å². The molecule has 110 valence electrons. The number of rotatable bonds is 6. The second-order valence-corrected chi connectivity index (χ2v) is 4.37. The van der Waals surface area contributed by atoms with Gasteiger partial charge in [0.1, 0.15) is 6.04 Å². The van der Waals surface area contributed by atoms with Gasteiger partial charge in [0.05, 0.1) is 7.11 Å². The van der Waals surface area contributed by atoms with E-state index in [1.165, 1.54) is 25.3 Å². The van der Waals surface area contributed by atoms with Crippen LogP contribution in [0.15, 0.2) is 18.2 Å². The van der Waals surface area contributed by atoms with Crippen LogP contribution in [-0.2, 0) is 4.79 Å². The second-order valence-electron chi connectivity index (χ2n) is 4.37. The number of amides is 2. The molecule has 1 aromatic carbocycles. The maximum Gasteiger partial charge on any atom is 0.252 e. The molecule has 1 rings (SSSR count). The highest BCUT2D eigenvalue weighted by Crippen LogP contribution is 2.26. The summed E-state index contributed by atoms with van der Waals surface area (Å²) < 4.78 is 4.90. The quantitative estimate of drug-likeness (QED) is 0.726. The molecule has 2 amide bonds. The SMILES string of the molecule is CCCNC(=O)C(C)NC(=O)c1ccc(OC)c(O)c1. The zero-order valence-electron chi connectivity index (χ0n) is 11.9. The molecule has 0 aliphatic rings. The number of methoxy groups -OCH3 is 1. The monoisotopic (exact) mass is 280 g/mol. The highest BCUT2D eigenvalue weighted by atomic mass is 16.5. The smallest absolute Gasteiger partial charge is 0.252 e. The van der Waals surface area contributed by atoms with Gasteiger partial charge in [-0.1, -0.05) is 6.92 Å². The van der Waals surface area contributed by atoms with Crippen molar-refractivity contribution in [3.8, 4) is 11.5 Å². The Balaban J connectivity index is 2.66. The van der Waals surface area contributed by atoms with E-state index in [2.05, 4.69) is 10.6 Å². The molecule has 0 saturated carbocycles. The van der Waals surface area contributed by atoms with E-state index in [-0.39, 0.29) is 23.0 Å². The number of hydrogen-bond donors (Lipinski definition) is 3. The zero-order valence-corrected chi connectivity index (χ0v) is 11.9. The molecule has 0 heterocycles. The first-order valence-corrected chi connectivity index (χ1v) is 6.45. The van der Waals surface area contributed by atoms with Crippen molar-refractivity contribution in [3.63, 3.8) is 0 Å². The summed E-state index contributed by atoms with van der Waals surface area (Å²) in [6, 6.07) is 3.67. The summed E-state index contributed by atoms with van der Waals surface area (Å²) in [5.74, 6) is -0.501. The third-order valence-corrected chi connectivity index (χ3v) is 2.73. The first kappa shape index (κ1) is 15.8. The molecule has 0 spiro atoms. The maximum absolute atomic E-state index is 11.9. The molecule has 20 heavy (non-hydrogen) atoms. The summed E-state index contributed by atoms with van der Waals surface area (Å²) >= 11 is 0. The van der Waals surface area contributed by atoms with Crippen LogP contribution in [0.4, 0.5) is 0 Å². The van der Waals surface area contributed by atoms with Gasteiger partial charge >= 0.3 is 0 Å². The summed E-state index contributed by atoms with van der Waals surface area (Å²) in [4.78, 5) is 23.6. The van der Waals surface area contributed by atoms with Gasteiger partial charge in [0.15, 0.2) is 11.5 Å². The third kappa shape index (κ3) is 4.15. The van der Waals surface area contributed by atoms with Crippen molar-refractivity contribution in [1.29, 1.82) is 0 Å². The second kappa shape index (κ2) is 7.37. The normalized spacial score (nSPS) is 11.6. The van der Waals surface area contributed by atoms with Gasteiger partial charge in [-0.05, 0) is 31.5 Å². The van der Waals surface area contributed by atoms with Crippen LogP contribution in [-0.4, -0.2) is 36.6 Å². The van der Waals surface area contributed by atoms with Crippen LogP contribution in [0, 0.1) is 0 Å². The van der Waals surface area contributed by atoms with E-state index in [4.69, 9.17) is 4.74 Å². The molecule has 1 atom stereocenters. The van der Waals surface area contributed by atoms with Crippen molar-refractivity contribution in [3.05, 3.63) is 23.8 Å². The van der Waals surface area contributed by atoms with E-state index in [0.29, 0.717) is 6.54 Å². The first-order chi connectivity index (χ1) is 9.49. The molecule has 0 radical (unpaired) electrons. The molecule has 0 aliphatic carbocycles. The molecule has 6 heteroatoms. The Morgan fingerprint density at radius 2 is 2.10 bits per heavy atom. The van der Waals surface area contributed by atoms with E-state index < -0.39 is 11.9 Å². The van der Waals surface area contributed by atoms with Crippen LogP contribution in [0.3, 0.4) is 0 Å². The van der Waals surface area contributed by atoms with Gasteiger partial charge in [0, 0.05) is 12.1 Å². The largest absolute Gasteiger partial charge is 0.504 e.